The van der Waals surface area contributed by atoms with Crippen molar-refractivity contribution >= 4 is 11.8 Å². The Bertz CT molecular complexity index is 884. The zero-order valence-electron chi connectivity index (χ0n) is 14.4. The third-order valence-corrected chi connectivity index (χ3v) is 3.77. The molecule has 1 heterocycles. The van der Waals surface area contributed by atoms with Gasteiger partial charge in [0.05, 0.1) is 12.3 Å². The average Bonchev–Trinajstić information content (AvgIpc) is 2.60. The molecule has 1 aromatic carbocycles. The third kappa shape index (κ3) is 4.43. The minimum absolute atomic E-state index is 0.0316. The minimum atomic E-state index is -0.461. The molecule has 0 fully saturated rings. The van der Waals surface area contributed by atoms with Gasteiger partial charge < -0.3 is 14.5 Å². The van der Waals surface area contributed by atoms with E-state index in [1.165, 1.54) is 11.8 Å². The van der Waals surface area contributed by atoms with Gasteiger partial charge in [-0.25, -0.2) is 4.98 Å². The number of rotatable bonds is 7. The number of aromatic amines is 1. The number of ether oxygens (including phenoxy) is 2. The van der Waals surface area contributed by atoms with Crippen molar-refractivity contribution in [2.45, 2.75) is 19.0 Å². The first-order valence-electron chi connectivity index (χ1n) is 7.63. The summed E-state index contributed by atoms with van der Waals surface area (Å²) in [6, 6.07) is 7.14. The van der Waals surface area contributed by atoms with E-state index in [0.717, 1.165) is 5.57 Å². The topological polar surface area (TPSA) is 88.0 Å². The molecule has 130 valence electrons. The first kappa shape index (κ1) is 18.6. The minimum Gasteiger partial charge on any atom is -0.490 e. The van der Waals surface area contributed by atoms with Crippen LogP contribution in [0.5, 0.6) is 11.5 Å². The predicted octanol–water partition coefficient (Wildman–Crippen LogP) is 3.38. The van der Waals surface area contributed by atoms with Crippen LogP contribution in [0.15, 0.2) is 40.3 Å². The molecule has 2 rings (SSSR count). The van der Waals surface area contributed by atoms with E-state index in [-0.39, 0.29) is 5.56 Å². The summed E-state index contributed by atoms with van der Waals surface area (Å²) in [4.78, 5) is 19.0. The SMILES string of the molecule is C=C(C)COc1ccc(-c2nc(SC)[nH]c(=O)c2C#N)cc1OCC. The van der Waals surface area contributed by atoms with E-state index in [0.29, 0.717) is 41.1 Å². The van der Waals surface area contributed by atoms with E-state index in [4.69, 9.17) is 9.47 Å². The number of hydrogen-bond donors (Lipinski definition) is 1. The van der Waals surface area contributed by atoms with Crippen LogP contribution < -0.4 is 15.0 Å². The highest BCUT2D eigenvalue weighted by Gasteiger charge is 2.16. The molecular formula is C18H19N3O3S. The molecule has 1 aromatic heterocycles. The summed E-state index contributed by atoms with van der Waals surface area (Å²) in [6.45, 7) is 8.38. The molecular weight excluding hydrogens is 338 g/mol. The first-order valence-corrected chi connectivity index (χ1v) is 8.85. The van der Waals surface area contributed by atoms with Crippen molar-refractivity contribution in [3.8, 4) is 28.8 Å². The van der Waals surface area contributed by atoms with E-state index < -0.39 is 5.56 Å². The lowest BCUT2D eigenvalue weighted by atomic mass is 10.1. The molecule has 0 spiro atoms. The second-order valence-corrected chi connectivity index (χ2v) is 6.05. The smallest absolute Gasteiger partial charge is 0.270 e. The summed E-state index contributed by atoms with van der Waals surface area (Å²) in [6.07, 6.45) is 1.80. The normalized spacial score (nSPS) is 10.2. The predicted molar refractivity (Wildman–Crippen MR) is 98.3 cm³/mol. The van der Waals surface area contributed by atoms with Gasteiger partial charge in [-0.3, -0.25) is 4.79 Å². The zero-order chi connectivity index (χ0) is 18.4. The van der Waals surface area contributed by atoms with E-state index in [1.807, 2.05) is 19.9 Å². The van der Waals surface area contributed by atoms with Gasteiger partial charge >= 0.3 is 0 Å². The van der Waals surface area contributed by atoms with Crippen molar-refractivity contribution in [2.24, 2.45) is 0 Å². The Morgan fingerprint density at radius 2 is 2.16 bits per heavy atom. The molecule has 0 saturated heterocycles. The maximum absolute atomic E-state index is 12.1. The second kappa shape index (κ2) is 8.40. The summed E-state index contributed by atoms with van der Waals surface area (Å²) in [5.41, 5.74) is 1.33. The van der Waals surface area contributed by atoms with E-state index >= 15 is 0 Å². The van der Waals surface area contributed by atoms with Gasteiger partial charge in [0.2, 0.25) is 0 Å². The molecule has 0 amide bonds. The quantitative estimate of drug-likeness (QED) is 0.464. The van der Waals surface area contributed by atoms with Crippen LogP contribution in [0.4, 0.5) is 0 Å². The van der Waals surface area contributed by atoms with E-state index in [2.05, 4.69) is 16.5 Å². The fraction of sp³-hybridized carbons (Fsp3) is 0.278. The number of H-pyrrole nitrogens is 1. The summed E-state index contributed by atoms with van der Waals surface area (Å²) >= 11 is 1.30. The van der Waals surface area contributed by atoms with Crippen LogP contribution in [0.25, 0.3) is 11.3 Å². The van der Waals surface area contributed by atoms with Gasteiger partial charge in [0, 0.05) is 5.56 Å². The fourth-order valence-electron chi connectivity index (χ4n) is 2.11. The van der Waals surface area contributed by atoms with Crippen LogP contribution in [0.1, 0.15) is 19.4 Å². The maximum atomic E-state index is 12.1. The van der Waals surface area contributed by atoms with Crippen LogP contribution >= 0.6 is 11.8 Å². The number of thioether (sulfide) groups is 1. The van der Waals surface area contributed by atoms with Gasteiger partial charge in [-0.05, 0) is 43.9 Å². The first-order chi connectivity index (χ1) is 12.0. The standard InChI is InChI=1S/C18H19N3O3S/c1-5-23-15-8-12(6-7-14(15)24-10-11(2)3)16-13(9-19)17(22)21-18(20-16)25-4/h6-8H,2,5,10H2,1,3-4H3,(H,20,21,22). The molecule has 0 bridgehead atoms. The van der Waals surface area contributed by atoms with Crippen LogP contribution in [0.3, 0.4) is 0 Å². The third-order valence-electron chi connectivity index (χ3n) is 3.19. The molecule has 1 N–H and O–H groups in total. The van der Waals surface area contributed by atoms with Gasteiger partial charge in [0.15, 0.2) is 16.7 Å². The highest BCUT2D eigenvalue weighted by molar-refractivity contribution is 7.98. The van der Waals surface area contributed by atoms with Crippen molar-refractivity contribution in [3.05, 3.63) is 46.3 Å². The molecule has 0 saturated carbocycles. The molecule has 6 nitrogen and oxygen atoms in total. The molecule has 7 heteroatoms. The van der Waals surface area contributed by atoms with E-state index in [9.17, 15) is 10.1 Å². The highest BCUT2D eigenvalue weighted by Crippen LogP contribution is 2.33. The van der Waals surface area contributed by atoms with Crippen LogP contribution in [-0.2, 0) is 0 Å². The summed E-state index contributed by atoms with van der Waals surface area (Å²) in [5.74, 6) is 1.10. The molecule has 0 aliphatic carbocycles. The van der Waals surface area contributed by atoms with E-state index in [1.54, 1.807) is 24.5 Å². The monoisotopic (exact) mass is 357 g/mol. The van der Waals surface area contributed by atoms with Crippen LogP contribution in [0, 0.1) is 11.3 Å². The number of nitrogens with one attached hydrogen (secondary N) is 1. The van der Waals surface area contributed by atoms with Gasteiger partial charge in [0.1, 0.15) is 18.2 Å². The maximum Gasteiger partial charge on any atom is 0.270 e. The molecule has 0 unspecified atom stereocenters. The number of benzene rings is 1. The lowest BCUT2D eigenvalue weighted by Crippen LogP contribution is -2.14. The molecule has 2 aromatic rings. The molecule has 0 atom stereocenters. The van der Waals surface area contributed by atoms with Crippen molar-refractivity contribution < 1.29 is 9.47 Å². The second-order valence-electron chi connectivity index (χ2n) is 5.25. The Balaban J connectivity index is 2.55. The van der Waals surface area contributed by atoms with Crippen molar-refractivity contribution in [3.63, 3.8) is 0 Å². The van der Waals surface area contributed by atoms with Gasteiger partial charge in [-0.2, -0.15) is 5.26 Å². The molecule has 0 aliphatic heterocycles. The largest absolute Gasteiger partial charge is 0.490 e. The Morgan fingerprint density at radius 1 is 1.40 bits per heavy atom. The van der Waals surface area contributed by atoms with Crippen molar-refractivity contribution in [2.75, 3.05) is 19.5 Å². The lowest BCUT2D eigenvalue weighted by molar-refractivity contribution is 0.293. The van der Waals surface area contributed by atoms with Crippen molar-refractivity contribution in [1.82, 2.24) is 9.97 Å². The van der Waals surface area contributed by atoms with Gasteiger partial charge in [0.25, 0.3) is 5.56 Å². The average molecular weight is 357 g/mol. The Hall–Kier alpha value is -2.72. The summed E-state index contributed by atoms with van der Waals surface area (Å²) in [7, 11) is 0. The molecule has 25 heavy (non-hydrogen) atoms. The Morgan fingerprint density at radius 3 is 2.76 bits per heavy atom. The van der Waals surface area contributed by atoms with Gasteiger partial charge in [-0.15, -0.1) is 0 Å². The van der Waals surface area contributed by atoms with Crippen LogP contribution in [-0.4, -0.2) is 29.4 Å². The number of nitrogens with zero attached hydrogens (tertiary/aromatic N) is 2. The fourth-order valence-corrected chi connectivity index (χ4v) is 2.48. The number of aromatic nitrogens is 2. The molecule has 0 aliphatic rings. The highest BCUT2D eigenvalue weighted by atomic mass is 32.2. The number of nitriles is 1. The summed E-state index contributed by atoms with van der Waals surface area (Å²) < 4.78 is 11.3. The van der Waals surface area contributed by atoms with Gasteiger partial charge in [-0.1, -0.05) is 18.3 Å². The van der Waals surface area contributed by atoms with Crippen molar-refractivity contribution in [1.29, 1.82) is 5.26 Å². The zero-order valence-corrected chi connectivity index (χ0v) is 15.2. The number of hydrogen-bond acceptors (Lipinski definition) is 6. The van der Waals surface area contributed by atoms with Crippen LogP contribution in [0.2, 0.25) is 0 Å². The Labute approximate surface area is 150 Å². The Kier molecular flexibility index (Phi) is 6.25. The lowest BCUT2D eigenvalue weighted by Gasteiger charge is -2.14. The summed E-state index contributed by atoms with van der Waals surface area (Å²) in [5, 5.41) is 9.76. The molecule has 0 radical (unpaired) electrons.